The van der Waals surface area contributed by atoms with Crippen molar-refractivity contribution in [3.8, 4) is 0 Å². The number of cyclic esters (lactones) is 1. The van der Waals surface area contributed by atoms with Crippen molar-refractivity contribution in [2.45, 2.75) is 0 Å². The normalized spacial score (nSPS) is 21.5. The Bertz CT molecular complexity index is 276. The first-order valence-corrected chi connectivity index (χ1v) is 6.00. The summed E-state index contributed by atoms with van der Waals surface area (Å²) in [6.45, 7) is -4.38. The molecule has 1 aliphatic rings. The molecule has 0 aromatic heterocycles. The van der Waals surface area contributed by atoms with Crippen LogP contribution in [-0.4, -0.2) is 34.9 Å². The van der Waals surface area contributed by atoms with E-state index in [0.29, 0.717) is 4.31 Å². The maximum atomic E-state index is 10.9. The second kappa shape index (κ2) is 3.67. The summed E-state index contributed by atoms with van der Waals surface area (Å²) in [4.78, 5) is 30.5. The molecular weight excluding hydrogens is 221 g/mol. The summed E-state index contributed by atoms with van der Waals surface area (Å²) in [6.07, 6.45) is -0.957. The molecule has 0 spiro atoms. The molecule has 7 nitrogen and oxygen atoms in total. The number of carbonyl (C=O) groups excluding carboxylic acids is 2. The highest BCUT2D eigenvalue weighted by molar-refractivity contribution is 8.54. The lowest BCUT2D eigenvalue weighted by Crippen LogP contribution is -2.20. The zero-order chi connectivity index (χ0) is 10.1. The minimum Gasteiger partial charge on any atom is -0.438 e. The molecule has 0 bridgehead atoms. The molecule has 2 amide bonds. The van der Waals surface area contributed by atoms with E-state index in [2.05, 4.69) is 9.26 Å². The summed E-state index contributed by atoms with van der Waals surface area (Å²) in [6, 6.07) is 0. The van der Waals surface area contributed by atoms with E-state index < -0.39 is 25.4 Å². The van der Waals surface area contributed by atoms with Gasteiger partial charge in [-0.3, -0.25) is 4.79 Å². The average Bonchev–Trinajstić information content (AvgIpc) is 2.36. The molecule has 1 unspecified atom stereocenters. The molecule has 0 aliphatic carbocycles. The van der Waals surface area contributed by atoms with Gasteiger partial charge in [0.2, 0.25) is 0 Å². The Morgan fingerprint density at radius 1 is 1.69 bits per heavy atom. The Hall–Kier alpha value is -0.560. The van der Waals surface area contributed by atoms with Gasteiger partial charge >= 0.3 is 12.9 Å². The van der Waals surface area contributed by atoms with E-state index >= 15 is 0 Å². The van der Waals surface area contributed by atoms with Gasteiger partial charge < -0.3 is 14.2 Å². The van der Waals surface area contributed by atoms with Crippen molar-refractivity contribution in [2.24, 2.45) is 0 Å². The van der Waals surface area contributed by atoms with Crippen molar-refractivity contribution in [3.05, 3.63) is 0 Å². The van der Waals surface area contributed by atoms with Crippen LogP contribution in [0, 0.1) is 0 Å². The van der Waals surface area contributed by atoms with E-state index in [1.807, 2.05) is 0 Å². The summed E-state index contributed by atoms with van der Waals surface area (Å²) in [5.41, 5.74) is 0. The SMILES string of the molecule is COP(=O)(O)SN1C(=O)COC1=O. The van der Waals surface area contributed by atoms with E-state index in [4.69, 9.17) is 4.89 Å². The standard InChI is InChI=1S/C4H6NO6PS/c1-10-12(8,9)13-5-3(6)2-11-4(5)7/h2H2,1H3,(H,8,9). The predicted octanol–water partition coefficient (Wildman–Crippen LogP) is 0.360. The lowest BCUT2D eigenvalue weighted by Gasteiger charge is -2.11. The summed E-state index contributed by atoms with van der Waals surface area (Å²) >= 11 is 0.124. The molecule has 13 heavy (non-hydrogen) atoms. The Morgan fingerprint density at radius 2 is 2.31 bits per heavy atom. The van der Waals surface area contributed by atoms with Crippen molar-refractivity contribution in [1.82, 2.24) is 4.31 Å². The van der Waals surface area contributed by atoms with Gasteiger partial charge in [0.25, 0.3) is 5.91 Å². The van der Waals surface area contributed by atoms with Crippen molar-refractivity contribution in [2.75, 3.05) is 13.7 Å². The van der Waals surface area contributed by atoms with Crippen LogP contribution in [0.15, 0.2) is 0 Å². The van der Waals surface area contributed by atoms with Crippen LogP contribution in [0.1, 0.15) is 0 Å². The van der Waals surface area contributed by atoms with E-state index in [-0.39, 0.29) is 11.6 Å². The van der Waals surface area contributed by atoms with E-state index in [9.17, 15) is 14.2 Å². The van der Waals surface area contributed by atoms with Crippen molar-refractivity contribution < 1.29 is 28.3 Å². The molecule has 0 saturated carbocycles. The highest BCUT2D eigenvalue weighted by Crippen LogP contribution is 2.57. The Balaban J connectivity index is 2.68. The quantitative estimate of drug-likeness (QED) is 0.549. The smallest absolute Gasteiger partial charge is 0.428 e. The first-order valence-electron chi connectivity index (χ1n) is 3.04. The van der Waals surface area contributed by atoms with Gasteiger partial charge in [0.1, 0.15) is 0 Å². The molecular formula is C4H6NO6PS. The molecule has 9 heteroatoms. The molecule has 1 fully saturated rings. The fourth-order valence-corrected chi connectivity index (χ4v) is 2.39. The Labute approximate surface area is 77.4 Å². The molecule has 74 valence electrons. The fraction of sp³-hybridized carbons (Fsp3) is 0.500. The molecule has 1 rings (SSSR count). The highest BCUT2D eigenvalue weighted by atomic mass is 32.7. The average molecular weight is 227 g/mol. The molecule has 1 atom stereocenters. The topological polar surface area (TPSA) is 93.1 Å². The maximum Gasteiger partial charge on any atom is 0.428 e. The summed E-state index contributed by atoms with van der Waals surface area (Å²) in [5.74, 6) is -0.679. The maximum absolute atomic E-state index is 10.9. The monoisotopic (exact) mass is 227 g/mol. The van der Waals surface area contributed by atoms with Crippen LogP contribution in [0.5, 0.6) is 0 Å². The van der Waals surface area contributed by atoms with Gasteiger partial charge in [0.05, 0.1) is 11.6 Å². The van der Waals surface area contributed by atoms with Gasteiger partial charge in [-0.2, -0.15) is 4.31 Å². The summed E-state index contributed by atoms with van der Waals surface area (Å²) in [7, 11) is 1.000. The van der Waals surface area contributed by atoms with Gasteiger partial charge in [-0.05, 0) is 0 Å². The zero-order valence-electron chi connectivity index (χ0n) is 6.50. The molecule has 1 heterocycles. The summed E-state index contributed by atoms with van der Waals surface area (Å²) < 4.78 is 19.9. The third kappa shape index (κ3) is 2.44. The highest BCUT2D eigenvalue weighted by Gasteiger charge is 2.38. The predicted molar refractivity (Wildman–Crippen MR) is 42.6 cm³/mol. The van der Waals surface area contributed by atoms with Gasteiger partial charge in [-0.15, -0.1) is 0 Å². The fourth-order valence-electron chi connectivity index (χ4n) is 0.558. The Kier molecular flexibility index (Phi) is 2.97. The number of ether oxygens (including phenoxy) is 1. The number of hydrogen-bond acceptors (Lipinski definition) is 6. The number of amides is 2. The van der Waals surface area contributed by atoms with Crippen LogP contribution in [-0.2, 0) is 18.6 Å². The lowest BCUT2D eigenvalue weighted by atomic mass is 10.7. The Morgan fingerprint density at radius 3 is 2.69 bits per heavy atom. The first-order chi connectivity index (χ1) is 5.96. The van der Waals surface area contributed by atoms with Crippen molar-refractivity contribution in [1.29, 1.82) is 0 Å². The van der Waals surface area contributed by atoms with Crippen molar-refractivity contribution in [3.63, 3.8) is 0 Å². The van der Waals surface area contributed by atoms with Crippen LogP contribution in [0.3, 0.4) is 0 Å². The van der Waals surface area contributed by atoms with Crippen molar-refractivity contribution >= 4 is 30.4 Å². The third-order valence-corrected chi connectivity index (χ3v) is 3.87. The van der Waals surface area contributed by atoms with Gasteiger partial charge in [0, 0.05) is 7.11 Å². The molecule has 1 N–H and O–H groups in total. The van der Waals surface area contributed by atoms with E-state index in [1.165, 1.54) is 0 Å². The molecule has 1 aliphatic heterocycles. The number of nitrogens with zero attached hydrogens (tertiary/aromatic N) is 1. The zero-order valence-corrected chi connectivity index (χ0v) is 8.21. The van der Waals surface area contributed by atoms with Crippen LogP contribution in [0.2, 0.25) is 0 Å². The number of hydrogen-bond donors (Lipinski definition) is 1. The minimum absolute atomic E-state index is 0.124. The second-order valence-electron chi connectivity index (χ2n) is 1.98. The number of carbonyl (C=O) groups is 2. The lowest BCUT2D eigenvalue weighted by molar-refractivity contribution is -0.122. The molecule has 0 aromatic carbocycles. The van der Waals surface area contributed by atoms with E-state index in [1.54, 1.807) is 0 Å². The molecule has 1 saturated heterocycles. The minimum atomic E-state index is -3.98. The summed E-state index contributed by atoms with van der Waals surface area (Å²) in [5, 5.41) is 0. The van der Waals surface area contributed by atoms with Crippen LogP contribution in [0.25, 0.3) is 0 Å². The van der Waals surface area contributed by atoms with Crippen LogP contribution < -0.4 is 0 Å². The molecule has 0 radical (unpaired) electrons. The molecule has 0 aromatic rings. The number of rotatable bonds is 3. The van der Waals surface area contributed by atoms with Crippen LogP contribution in [0.4, 0.5) is 4.79 Å². The largest absolute Gasteiger partial charge is 0.438 e. The third-order valence-electron chi connectivity index (χ3n) is 1.13. The van der Waals surface area contributed by atoms with Gasteiger partial charge in [-0.25, -0.2) is 9.36 Å². The first kappa shape index (κ1) is 10.5. The van der Waals surface area contributed by atoms with Gasteiger partial charge in [-0.1, -0.05) is 0 Å². The second-order valence-corrected chi connectivity index (χ2v) is 5.68. The van der Waals surface area contributed by atoms with Crippen LogP contribution >= 0.6 is 18.4 Å². The number of imide groups is 1. The van der Waals surface area contributed by atoms with E-state index in [0.717, 1.165) is 7.11 Å². The van der Waals surface area contributed by atoms with Gasteiger partial charge in [0.15, 0.2) is 6.61 Å².